The molecule has 0 saturated heterocycles. The molecule has 0 amide bonds. The molecule has 0 bridgehead atoms. The van der Waals surface area contributed by atoms with Crippen LogP contribution in [0.25, 0.3) is 0 Å². The Kier molecular flexibility index (Phi) is 5.82. The molecule has 1 aromatic rings. The fraction of sp³-hybridized carbons (Fsp3) is 0.545. The number of carbonyl (C=O) groups is 1. The van der Waals surface area contributed by atoms with Crippen molar-refractivity contribution >= 4 is 27.6 Å². The normalized spacial score (nSPS) is 10.4. The molecule has 10 heteroatoms. The second-order valence-corrected chi connectivity index (χ2v) is 4.74. The number of esters is 1. The van der Waals surface area contributed by atoms with Crippen LogP contribution in [-0.2, 0) is 28.5 Å². The lowest BCUT2D eigenvalue weighted by Crippen LogP contribution is -2.41. The highest BCUT2D eigenvalue weighted by Crippen LogP contribution is 2.15. The largest absolute Gasteiger partial charge is 0.466 e. The van der Waals surface area contributed by atoms with Crippen molar-refractivity contribution in [2.75, 3.05) is 6.61 Å². The molecule has 0 atom stereocenters. The summed E-state index contributed by atoms with van der Waals surface area (Å²) in [5.74, 6) is -0.450. The van der Waals surface area contributed by atoms with Crippen LogP contribution in [0.15, 0.2) is 9.59 Å². The highest BCUT2D eigenvalue weighted by Gasteiger charge is 2.25. The summed E-state index contributed by atoms with van der Waals surface area (Å²) in [4.78, 5) is 44.7. The maximum absolute atomic E-state index is 12.0. The van der Waals surface area contributed by atoms with Crippen molar-refractivity contribution in [2.24, 2.45) is 7.05 Å². The Morgan fingerprint density at radius 1 is 1.43 bits per heavy atom. The van der Waals surface area contributed by atoms with Crippen LogP contribution in [0, 0.1) is 10.1 Å². The van der Waals surface area contributed by atoms with Gasteiger partial charge in [0.05, 0.1) is 16.9 Å². The molecule has 0 aromatic carbocycles. The quantitative estimate of drug-likeness (QED) is 0.236. The Labute approximate surface area is 127 Å². The van der Waals surface area contributed by atoms with E-state index in [9.17, 15) is 24.5 Å². The molecule has 0 fully saturated rings. The van der Waals surface area contributed by atoms with E-state index in [4.69, 9.17) is 4.74 Å². The lowest BCUT2D eigenvalue weighted by atomic mass is 10.3. The molecule has 0 radical (unpaired) electrons. The zero-order valence-electron chi connectivity index (χ0n) is 11.5. The molecule has 0 saturated carbocycles. The predicted octanol–water partition coefficient (Wildman–Crippen LogP) is 0.303. The summed E-state index contributed by atoms with van der Waals surface area (Å²) in [6, 6.07) is 0. The van der Waals surface area contributed by atoms with Crippen LogP contribution in [0.4, 0.5) is 5.69 Å². The van der Waals surface area contributed by atoms with Crippen LogP contribution >= 0.6 is 15.9 Å². The molecule has 1 heterocycles. The van der Waals surface area contributed by atoms with E-state index in [0.717, 1.165) is 4.57 Å². The van der Waals surface area contributed by atoms with Gasteiger partial charge in [-0.3, -0.25) is 28.8 Å². The van der Waals surface area contributed by atoms with Gasteiger partial charge in [-0.05, 0) is 6.42 Å². The number of halogens is 1. The van der Waals surface area contributed by atoms with Gasteiger partial charge in [0.25, 0.3) is 0 Å². The predicted molar refractivity (Wildman–Crippen MR) is 76.5 cm³/mol. The van der Waals surface area contributed by atoms with Crippen molar-refractivity contribution in [3.8, 4) is 0 Å². The summed E-state index contributed by atoms with van der Waals surface area (Å²) < 4.78 is 6.57. The van der Waals surface area contributed by atoms with E-state index in [-0.39, 0.29) is 24.2 Å². The molecule has 116 valence electrons. The fourth-order valence-electron chi connectivity index (χ4n) is 1.78. The van der Waals surface area contributed by atoms with Crippen LogP contribution in [0.2, 0.25) is 0 Å². The third-order valence-electron chi connectivity index (χ3n) is 2.76. The van der Waals surface area contributed by atoms with Gasteiger partial charge in [0.1, 0.15) is 5.69 Å². The van der Waals surface area contributed by atoms with Crippen molar-refractivity contribution in [2.45, 2.75) is 25.2 Å². The van der Waals surface area contributed by atoms with Crippen LogP contribution in [-0.4, -0.2) is 26.6 Å². The van der Waals surface area contributed by atoms with E-state index >= 15 is 0 Å². The minimum Gasteiger partial charge on any atom is -0.466 e. The Bertz CT molecular complexity index is 678. The van der Waals surface area contributed by atoms with Crippen LogP contribution in [0.3, 0.4) is 0 Å². The van der Waals surface area contributed by atoms with Crippen LogP contribution in [0.1, 0.15) is 19.0 Å². The third-order valence-corrected chi connectivity index (χ3v) is 3.30. The first kappa shape index (κ1) is 17.1. The van der Waals surface area contributed by atoms with Crippen LogP contribution in [0.5, 0.6) is 0 Å². The molecule has 0 aliphatic rings. The average molecular weight is 364 g/mol. The number of alkyl halides is 1. The Morgan fingerprint density at radius 3 is 2.52 bits per heavy atom. The number of carbonyl (C=O) groups excluding carboxylic acids is 1. The standard InChI is InChI=1S/C11H14BrN3O6/c1-7(16)21-5-3-4-14-8(6-12)9(15(19)20)10(17)13(2)11(14)18/h3-6H2,1-2H3. The van der Waals surface area contributed by atoms with Crippen molar-refractivity contribution in [3.05, 3.63) is 36.6 Å². The number of aromatic nitrogens is 2. The third kappa shape index (κ3) is 3.78. The zero-order chi connectivity index (χ0) is 16.2. The summed E-state index contributed by atoms with van der Waals surface area (Å²) in [6.45, 7) is 1.44. The molecule has 1 rings (SSSR count). The Balaban J connectivity index is 3.24. The van der Waals surface area contributed by atoms with Gasteiger partial charge in [-0.15, -0.1) is 0 Å². The summed E-state index contributed by atoms with van der Waals surface area (Å²) in [7, 11) is 1.18. The van der Waals surface area contributed by atoms with Gasteiger partial charge >= 0.3 is 22.9 Å². The van der Waals surface area contributed by atoms with Gasteiger partial charge in [-0.2, -0.15) is 0 Å². The summed E-state index contributed by atoms with van der Waals surface area (Å²) in [6.07, 6.45) is 0.300. The SMILES string of the molecule is CC(=O)OCCCn1c(CBr)c([N+](=O)[O-])c(=O)n(C)c1=O. The van der Waals surface area contributed by atoms with Crippen molar-refractivity contribution in [3.63, 3.8) is 0 Å². The van der Waals surface area contributed by atoms with Crippen molar-refractivity contribution < 1.29 is 14.5 Å². The smallest absolute Gasteiger partial charge is 0.354 e. The molecule has 0 aliphatic carbocycles. The van der Waals surface area contributed by atoms with Gasteiger partial charge in [-0.25, -0.2) is 4.79 Å². The lowest BCUT2D eigenvalue weighted by Gasteiger charge is -2.12. The lowest BCUT2D eigenvalue weighted by molar-refractivity contribution is -0.387. The van der Waals surface area contributed by atoms with Gasteiger partial charge in [0.2, 0.25) is 0 Å². The molecule has 21 heavy (non-hydrogen) atoms. The minimum absolute atomic E-state index is 0.00377. The van der Waals surface area contributed by atoms with E-state index in [1.165, 1.54) is 14.0 Å². The molecule has 9 nitrogen and oxygen atoms in total. The van der Waals surface area contributed by atoms with Gasteiger partial charge < -0.3 is 4.74 Å². The van der Waals surface area contributed by atoms with E-state index in [0.29, 0.717) is 11.0 Å². The van der Waals surface area contributed by atoms with Gasteiger partial charge in [0, 0.05) is 20.5 Å². The maximum atomic E-state index is 12.0. The van der Waals surface area contributed by atoms with E-state index < -0.39 is 27.8 Å². The van der Waals surface area contributed by atoms with Gasteiger partial charge in [-0.1, -0.05) is 15.9 Å². The van der Waals surface area contributed by atoms with Gasteiger partial charge in [0.15, 0.2) is 0 Å². The maximum Gasteiger partial charge on any atom is 0.354 e. The number of nitrogens with zero attached hydrogens (tertiary/aromatic N) is 3. The van der Waals surface area contributed by atoms with E-state index in [1.54, 1.807) is 0 Å². The fourth-order valence-corrected chi connectivity index (χ4v) is 2.35. The number of rotatable bonds is 6. The first-order valence-electron chi connectivity index (χ1n) is 5.97. The molecule has 0 unspecified atom stereocenters. The first-order chi connectivity index (χ1) is 9.81. The summed E-state index contributed by atoms with van der Waals surface area (Å²) >= 11 is 3.05. The molecular weight excluding hydrogens is 350 g/mol. The molecular formula is C11H14BrN3O6. The highest BCUT2D eigenvalue weighted by atomic mass is 79.9. The highest BCUT2D eigenvalue weighted by molar-refractivity contribution is 9.08. The zero-order valence-corrected chi connectivity index (χ0v) is 13.1. The topological polar surface area (TPSA) is 113 Å². The Hall–Kier alpha value is -1.97. The number of nitro groups is 1. The number of hydrogen-bond acceptors (Lipinski definition) is 6. The van der Waals surface area contributed by atoms with E-state index in [2.05, 4.69) is 15.9 Å². The molecule has 0 aliphatic heterocycles. The molecule has 1 aromatic heterocycles. The molecule has 0 spiro atoms. The van der Waals surface area contributed by atoms with Crippen molar-refractivity contribution in [1.82, 2.24) is 9.13 Å². The minimum atomic E-state index is -0.948. The summed E-state index contributed by atoms with van der Waals surface area (Å²) in [5, 5.41) is 11.0. The summed E-state index contributed by atoms with van der Waals surface area (Å²) in [5.41, 5.74) is -2.24. The monoisotopic (exact) mass is 363 g/mol. The molecule has 0 N–H and O–H groups in total. The Morgan fingerprint density at radius 2 is 2.05 bits per heavy atom. The number of ether oxygens (including phenoxy) is 1. The first-order valence-corrected chi connectivity index (χ1v) is 7.09. The average Bonchev–Trinajstić information content (AvgIpc) is 2.41. The van der Waals surface area contributed by atoms with Crippen LogP contribution < -0.4 is 11.2 Å². The van der Waals surface area contributed by atoms with E-state index in [1.807, 2.05) is 0 Å². The second-order valence-electron chi connectivity index (χ2n) is 4.18. The van der Waals surface area contributed by atoms with Crippen molar-refractivity contribution in [1.29, 1.82) is 0 Å². The second kappa shape index (κ2) is 7.16. The number of hydrogen-bond donors (Lipinski definition) is 0.